The third-order valence-electron chi connectivity index (χ3n) is 5.01. The van der Waals surface area contributed by atoms with Crippen molar-refractivity contribution in [2.75, 3.05) is 12.3 Å². The van der Waals surface area contributed by atoms with Gasteiger partial charge < -0.3 is 9.32 Å². The van der Waals surface area contributed by atoms with Crippen LogP contribution in [0.2, 0.25) is 0 Å². The number of amides is 1. The lowest BCUT2D eigenvalue weighted by molar-refractivity contribution is -0.132. The van der Waals surface area contributed by atoms with Crippen molar-refractivity contribution in [2.45, 2.75) is 30.5 Å². The monoisotopic (exact) mass is 409 g/mol. The number of carbonyl (C=O) groups is 1. The van der Waals surface area contributed by atoms with Crippen LogP contribution in [0.3, 0.4) is 0 Å². The maximum absolute atomic E-state index is 13.0. The number of hydrogen-bond donors (Lipinski definition) is 0. The minimum absolute atomic E-state index is 0.0721. The molecular formula is C21H19N3O2S2. The molecule has 0 saturated carbocycles. The first-order valence-corrected chi connectivity index (χ1v) is 11.2. The number of piperidine rings is 1. The topological polar surface area (TPSA) is 59.2 Å². The smallest absolute Gasteiger partial charge is 0.257 e. The van der Waals surface area contributed by atoms with E-state index < -0.39 is 0 Å². The van der Waals surface area contributed by atoms with Gasteiger partial charge in [0.1, 0.15) is 10.5 Å². The molecule has 1 saturated heterocycles. The highest BCUT2D eigenvalue weighted by Gasteiger charge is 2.30. The fourth-order valence-electron chi connectivity index (χ4n) is 3.64. The van der Waals surface area contributed by atoms with E-state index in [2.05, 4.69) is 11.1 Å². The van der Waals surface area contributed by atoms with E-state index in [-0.39, 0.29) is 11.9 Å². The predicted octanol–water partition coefficient (Wildman–Crippen LogP) is 5.28. The Hall–Kier alpha value is -2.38. The second-order valence-electron chi connectivity index (χ2n) is 6.85. The zero-order chi connectivity index (χ0) is 18.9. The average Bonchev–Trinajstić information content (AvgIpc) is 3.35. The molecule has 4 aromatic rings. The van der Waals surface area contributed by atoms with Crippen LogP contribution in [0.5, 0.6) is 0 Å². The van der Waals surface area contributed by atoms with Gasteiger partial charge >= 0.3 is 0 Å². The Balaban J connectivity index is 1.33. The molecule has 1 fully saturated rings. The number of likely N-dealkylation sites (tertiary alicyclic amines) is 1. The largest absolute Gasteiger partial charge is 0.431 e. The summed E-state index contributed by atoms with van der Waals surface area (Å²) in [4.78, 5) is 24.2. The van der Waals surface area contributed by atoms with Crippen LogP contribution in [0.25, 0.3) is 21.3 Å². The molecule has 2 aromatic heterocycles. The Morgan fingerprint density at radius 3 is 2.79 bits per heavy atom. The van der Waals surface area contributed by atoms with Gasteiger partial charge in [-0.2, -0.15) is 0 Å². The van der Waals surface area contributed by atoms with Crippen LogP contribution in [0.4, 0.5) is 0 Å². The van der Waals surface area contributed by atoms with Gasteiger partial charge in [0.25, 0.3) is 5.22 Å². The van der Waals surface area contributed by atoms with Gasteiger partial charge in [0.2, 0.25) is 5.91 Å². The van der Waals surface area contributed by atoms with Crippen molar-refractivity contribution in [1.29, 1.82) is 0 Å². The van der Waals surface area contributed by atoms with Crippen LogP contribution < -0.4 is 0 Å². The number of aromatic nitrogens is 2. The first kappa shape index (κ1) is 17.7. The molecule has 7 heteroatoms. The summed E-state index contributed by atoms with van der Waals surface area (Å²) in [6.07, 6.45) is 3.14. The first-order chi connectivity index (χ1) is 13.8. The van der Waals surface area contributed by atoms with Crippen LogP contribution in [-0.2, 0) is 4.79 Å². The molecule has 3 heterocycles. The molecular weight excluding hydrogens is 390 g/mol. The minimum Gasteiger partial charge on any atom is -0.431 e. The van der Waals surface area contributed by atoms with Crippen molar-refractivity contribution in [1.82, 2.24) is 14.9 Å². The van der Waals surface area contributed by atoms with Crippen LogP contribution in [0.15, 0.2) is 58.2 Å². The SMILES string of the molecule is O=C(CSc1nc2ccccc2o1)N1CCCCC1c1nc2ccccc2s1. The van der Waals surface area contributed by atoms with E-state index >= 15 is 0 Å². The summed E-state index contributed by atoms with van der Waals surface area (Å²) in [6, 6.07) is 15.9. The number of nitrogens with zero attached hydrogens (tertiary/aromatic N) is 3. The second kappa shape index (κ2) is 7.56. The first-order valence-electron chi connectivity index (χ1n) is 9.41. The Morgan fingerprint density at radius 1 is 1.11 bits per heavy atom. The zero-order valence-electron chi connectivity index (χ0n) is 15.2. The average molecular weight is 410 g/mol. The molecule has 2 aromatic carbocycles. The second-order valence-corrected chi connectivity index (χ2v) is 8.84. The van der Waals surface area contributed by atoms with E-state index in [0.29, 0.717) is 11.0 Å². The van der Waals surface area contributed by atoms with E-state index in [1.54, 1.807) is 11.3 Å². The molecule has 1 amide bonds. The Labute approximate surface area is 170 Å². The molecule has 1 aliphatic heterocycles. The number of hydrogen-bond acceptors (Lipinski definition) is 6. The van der Waals surface area contributed by atoms with Crippen LogP contribution in [0.1, 0.15) is 30.3 Å². The molecule has 5 nitrogen and oxygen atoms in total. The van der Waals surface area contributed by atoms with Crippen molar-refractivity contribution in [2.24, 2.45) is 0 Å². The van der Waals surface area contributed by atoms with E-state index in [1.165, 1.54) is 16.5 Å². The minimum atomic E-state index is 0.0721. The number of fused-ring (bicyclic) bond motifs is 2. The molecule has 142 valence electrons. The van der Waals surface area contributed by atoms with E-state index in [4.69, 9.17) is 9.40 Å². The van der Waals surface area contributed by atoms with Gasteiger partial charge in [-0.3, -0.25) is 4.79 Å². The molecule has 0 aliphatic carbocycles. The fraction of sp³-hybridized carbons (Fsp3) is 0.286. The number of thioether (sulfide) groups is 1. The van der Waals surface area contributed by atoms with Crippen molar-refractivity contribution < 1.29 is 9.21 Å². The third-order valence-corrected chi connectivity index (χ3v) is 6.96. The summed E-state index contributed by atoms with van der Waals surface area (Å²) in [5, 5.41) is 1.59. The van der Waals surface area contributed by atoms with Crippen molar-refractivity contribution in [3.05, 3.63) is 53.5 Å². The van der Waals surface area contributed by atoms with Gasteiger partial charge in [-0.05, 0) is 43.5 Å². The number of benzene rings is 2. The van der Waals surface area contributed by atoms with E-state index in [9.17, 15) is 4.79 Å². The highest BCUT2D eigenvalue weighted by molar-refractivity contribution is 7.99. The lowest BCUT2D eigenvalue weighted by atomic mass is 10.0. The maximum Gasteiger partial charge on any atom is 0.257 e. The number of carbonyl (C=O) groups excluding carboxylic acids is 1. The quantitative estimate of drug-likeness (QED) is 0.429. The van der Waals surface area contributed by atoms with Gasteiger partial charge in [0, 0.05) is 6.54 Å². The fourth-order valence-corrected chi connectivity index (χ4v) is 5.48. The number of oxazole rings is 1. The van der Waals surface area contributed by atoms with Gasteiger partial charge in [0.05, 0.1) is 22.0 Å². The standard InChI is InChI=1S/C21H19N3O2S2/c25-19(13-27-21-23-14-7-1-3-10-17(14)26-21)24-12-6-5-9-16(24)20-22-15-8-2-4-11-18(15)28-20/h1-4,7-8,10-11,16H,5-6,9,12-13H2. The van der Waals surface area contributed by atoms with Crippen molar-refractivity contribution >= 4 is 50.3 Å². The van der Waals surface area contributed by atoms with E-state index in [1.807, 2.05) is 47.4 Å². The normalized spacial score (nSPS) is 17.4. The molecule has 0 bridgehead atoms. The number of rotatable bonds is 4. The molecule has 0 N–H and O–H groups in total. The molecule has 0 spiro atoms. The highest BCUT2D eigenvalue weighted by atomic mass is 32.2. The Kier molecular flexibility index (Phi) is 4.78. The predicted molar refractivity (Wildman–Crippen MR) is 113 cm³/mol. The van der Waals surface area contributed by atoms with Crippen molar-refractivity contribution in [3.8, 4) is 0 Å². The maximum atomic E-state index is 13.0. The van der Waals surface area contributed by atoms with Crippen molar-refractivity contribution in [3.63, 3.8) is 0 Å². The van der Waals surface area contributed by atoms with Gasteiger partial charge in [-0.25, -0.2) is 9.97 Å². The molecule has 1 unspecified atom stereocenters. The van der Waals surface area contributed by atoms with Crippen LogP contribution in [0, 0.1) is 0 Å². The molecule has 0 radical (unpaired) electrons. The Bertz CT molecular complexity index is 1070. The summed E-state index contributed by atoms with van der Waals surface area (Å²) in [7, 11) is 0. The highest BCUT2D eigenvalue weighted by Crippen LogP contribution is 2.36. The summed E-state index contributed by atoms with van der Waals surface area (Å²) in [5.41, 5.74) is 2.59. The lowest BCUT2D eigenvalue weighted by Gasteiger charge is -2.34. The third kappa shape index (κ3) is 3.40. The zero-order valence-corrected chi connectivity index (χ0v) is 16.8. The summed E-state index contributed by atoms with van der Waals surface area (Å²) in [6.45, 7) is 0.785. The molecule has 5 rings (SSSR count). The van der Waals surface area contributed by atoms with E-state index in [0.717, 1.165) is 47.4 Å². The lowest BCUT2D eigenvalue weighted by Crippen LogP contribution is -2.39. The summed E-state index contributed by atoms with van der Waals surface area (Å²) < 4.78 is 6.91. The number of thiazole rings is 1. The van der Waals surface area contributed by atoms with Crippen LogP contribution in [-0.4, -0.2) is 33.1 Å². The van der Waals surface area contributed by atoms with Gasteiger partial charge in [0.15, 0.2) is 5.58 Å². The number of para-hydroxylation sites is 3. The Morgan fingerprint density at radius 2 is 1.93 bits per heavy atom. The van der Waals surface area contributed by atoms with Crippen LogP contribution >= 0.6 is 23.1 Å². The van der Waals surface area contributed by atoms with Gasteiger partial charge in [-0.1, -0.05) is 36.0 Å². The molecule has 1 atom stereocenters. The summed E-state index contributed by atoms with van der Waals surface area (Å²) in [5.74, 6) is 0.449. The molecule has 1 aliphatic rings. The summed E-state index contributed by atoms with van der Waals surface area (Å²) >= 11 is 3.06. The molecule has 28 heavy (non-hydrogen) atoms. The van der Waals surface area contributed by atoms with Gasteiger partial charge in [-0.15, -0.1) is 11.3 Å².